The first-order chi connectivity index (χ1) is 9.72. The summed E-state index contributed by atoms with van der Waals surface area (Å²) < 4.78 is 2.00. The SMILES string of the molecule is C=CCCCN(C)C(=NCc1nncn1CC)NCC. The molecule has 0 spiro atoms. The zero-order valence-corrected chi connectivity index (χ0v) is 12.8. The number of aromatic nitrogens is 3. The van der Waals surface area contributed by atoms with E-state index in [9.17, 15) is 0 Å². The zero-order valence-electron chi connectivity index (χ0n) is 12.8. The van der Waals surface area contributed by atoms with Crippen LogP contribution in [0.5, 0.6) is 0 Å². The maximum absolute atomic E-state index is 4.63. The maximum atomic E-state index is 4.63. The number of aliphatic imine (C=N–C) groups is 1. The van der Waals surface area contributed by atoms with Crippen molar-refractivity contribution in [2.24, 2.45) is 4.99 Å². The van der Waals surface area contributed by atoms with Gasteiger partial charge in [0.2, 0.25) is 0 Å². The third-order valence-electron chi connectivity index (χ3n) is 3.00. The van der Waals surface area contributed by atoms with Crippen molar-refractivity contribution in [2.75, 3.05) is 20.1 Å². The fourth-order valence-corrected chi connectivity index (χ4v) is 1.86. The molecule has 20 heavy (non-hydrogen) atoms. The lowest BCUT2D eigenvalue weighted by atomic mass is 10.3. The van der Waals surface area contributed by atoms with E-state index in [1.807, 2.05) is 10.6 Å². The summed E-state index contributed by atoms with van der Waals surface area (Å²) in [4.78, 5) is 6.76. The van der Waals surface area contributed by atoms with E-state index in [4.69, 9.17) is 0 Å². The monoisotopic (exact) mass is 278 g/mol. The van der Waals surface area contributed by atoms with E-state index >= 15 is 0 Å². The molecule has 0 saturated heterocycles. The Kier molecular flexibility index (Phi) is 7.39. The Hall–Kier alpha value is -1.85. The van der Waals surface area contributed by atoms with Crippen molar-refractivity contribution < 1.29 is 0 Å². The van der Waals surface area contributed by atoms with Gasteiger partial charge >= 0.3 is 0 Å². The summed E-state index contributed by atoms with van der Waals surface area (Å²) in [5.74, 6) is 1.80. The molecule has 0 aliphatic carbocycles. The van der Waals surface area contributed by atoms with Gasteiger partial charge in [0, 0.05) is 26.7 Å². The molecule has 112 valence electrons. The largest absolute Gasteiger partial charge is 0.357 e. The van der Waals surface area contributed by atoms with Gasteiger partial charge in [0.15, 0.2) is 11.8 Å². The molecule has 6 heteroatoms. The molecule has 0 fully saturated rings. The molecule has 0 radical (unpaired) electrons. The van der Waals surface area contributed by atoms with Crippen LogP contribution in [0.15, 0.2) is 24.0 Å². The summed E-state index contributed by atoms with van der Waals surface area (Å²) in [7, 11) is 2.05. The number of rotatable bonds is 8. The molecule has 0 atom stereocenters. The number of nitrogens with one attached hydrogen (secondary N) is 1. The first kappa shape index (κ1) is 16.2. The van der Waals surface area contributed by atoms with Crippen LogP contribution in [0.25, 0.3) is 0 Å². The molecular formula is C14H26N6. The fourth-order valence-electron chi connectivity index (χ4n) is 1.86. The van der Waals surface area contributed by atoms with Gasteiger partial charge in [-0.25, -0.2) is 4.99 Å². The molecule has 1 aromatic rings. The van der Waals surface area contributed by atoms with Crippen molar-refractivity contribution in [3.63, 3.8) is 0 Å². The Labute approximate surface area is 121 Å². The van der Waals surface area contributed by atoms with E-state index in [0.717, 1.165) is 44.3 Å². The quantitative estimate of drug-likeness (QED) is 0.340. The highest BCUT2D eigenvalue weighted by atomic mass is 15.3. The second kappa shape index (κ2) is 9.12. The maximum Gasteiger partial charge on any atom is 0.194 e. The third-order valence-corrected chi connectivity index (χ3v) is 3.00. The smallest absolute Gasteiger partial charge is 0.194 e. The van der Waals surface area contributed by atoms with E-state index < -0.39 is 0 Å². The van der Waals surface area contributed by atoms with E-state index in [1.54, 1.807) is 6.33 Å². The summed E-state index contributed by atoms with van der Waals surface area (Å²) in [5.41, 5.74) is 0. The molecule has 0 saturated carbocycles. The number of allylic oxidation sites excluding steroid dienone is 1. The summed E-state index contributed by atoms with van der Waals surface area (Å²) >= 11 is 0. The fraction of sp³-hybridized carbons (Fsp3) is 0.643. The Bertz CT molecular complexity index is 423. The lowest BCUT2D eigenvalue weighted by Gasteiger charge is -2.21. The minimum atomic E-state index is 0.544. The van der Waals surface area contributed by atoms with Crippen LogP contribution in [0, 0.1) is 0 Å². The molecule has 0 aliphatic heterocycles. The van der Waals surface area contributed by atoms with Crippen LogP contribution in [0.3, 0.4) is 0 Å². The van der Waals surface area contributed by atoms with Gasteiger partial charge in [-0.05, 0) is 26.7 Å². The van der Waals surface area contributed by atoms with E-state index in [0.29, 0.717) is 6.54 Å². The molecule has 0 aromatic carbocycles. The van der Waals surface area contributed by atoms with Crippen LogP contribution in [0.2, 0.25) is 0 Å². The molecule has 0 aliphatic rings. The molecule has 0 amide bonds. The van der Waals surface area contributed by atoms with E-state index in [-0.39, 0.29) is 0 Å². The highest BCUT2D eigenvalue weighted by Gasteiger charge is 2.06. The number of guanidine groups is 1. The van der Waals surface area contributed by atoms with Crippen LogP contribution in [-0.2, 0) is 13.1 Å². The molecule has 6 nitrogen and oxygen atoms in total. The second-order valence-electron chi connectivity index (χ2n) is 4.56. The molecule has 0 unspecified atom stereocenters. The average molecular weight is 278 g/mol. The first-order valence-electron chi connectivity index (χ1n) is 7.19. The van der Waals surface area contributed by atoms with Crippen molar-refractivity contribution in [2.45, 2.75) is 39.8 Å². The van der Waals surface area contributed by atoms with Crippen molar-refractivity contribution in [3.05, 3.63) is 24.8 Å². The first-order valence-corrected chi connectivity index (χ1v) is 7.19. The van der Waals surface area contributed by atoms with Crippen LogP contribution in [0.1, 0.15) is 32.5 Å². The van der Waals surface area contributed by atoms with Gasteiger partial charge in [-0.15, -0.1) is 16.8 Å². The summed E-state index contributed by atoms with van der Waals surface area (Å²) in [6.45, 7) is 11.1. The van der Waals surface area contributed by atoms with Gasteiger partial charge in [0.05, 0.1) is 0 Å². The number of aryl methyl sites for hydroxylation is 1. The Morgan fingerprint density at radius 1 is 1.55 bits per heavy atom. The minimum Gasteiger partial charge on any atom is -0.357 e. The van der Waals surface area contributed by atoms with Crippen molar-refractivity contribution in [1.82, 2.24) is 25.0 Å². The van der Waals surface area contributed by atoms with Crippen molar-refractivity contribution in [1.29, 1.82) is 0 Å². The Morgan fingerprint density at radius 3 is 3.00 bits per heavy atom. The molecule has 1 rings (SSSR count). The molecular weight excluding hydrogens is 252 g/mol. The van der Waals surface area contributed by atoms with Crippen molar-refractivity contribution in [3.8, 4) is 0 Å². The van der Waals surface area contributed by atoms with Gasteiger partial charge in [-0.3, -0.25) is 0 Å². The van der Waals surface area contributed by atoms with Crippen LogP contribution >= 0.6 is 0 Å². The molecule has 1 N–H and O–H groups in total. The predicted octanol–water partition coefficient (Wildman–Crippen LogP) is 1.66. The van der Waals surface area contributed by atoms with Gasteiger partial charge in [0.25, 0.3) is 0 Å². The van der Waals surface area contributed by atoms with Gasteiger partial charge in [-0.1, -0.05) is 6.08 Å². The summed E-state index contributed by atoms with van der Waals surface area (Å²) in [5, 5.41) is 11.3. The summed E-state index contributed by atoms with van der Waals surface area (Å²) in [6, 6.07) is 0. The zero-order chi connectivity index (χ0) is 14.8. The minimum absolute atomic E-state index is 0.544. The Balaban J connectivity index is 2.64. The second-order valence-corrected chi connectivity index (χ2v) is 4.56. The lowest BCUT2D eigenvalue weighted by Crippen LogP contribution is -2.39. The molecule has 1 heterocycles. The standard InChI is InChI=1S/C14H26N6/c1-5-8-9-10-19(4)14(15-6-2)16-11-13-18-17-12-20(13)7-3/h5,12H,1,6-11H2,2-4H3,(H,15,16). The number of nitrogens with zero attached hydrogens (tertiary/aromatic N) is 5. The number of unbranched alkanes of at least 4 members (excludes halogenated alkanes) is 1. The van der Waals surface area contributed by atoms with Gasteiger partial charge in [-0.2, -0.15) is 0 Å². The van der Waals surface area contributed by atoms with E-state index in [1.165, 1.54) is 0 Å². The molecule has 0 bridgehead atoms. The van der Waals surface area contributed by atoms with E-state index in [2.05, 4.69) is 52.9 Å². The van der Waals surface area contributed by atoms with Crippen LogP contribution in [-0.4, -0.2) is 45.8 Å². The highest BCUT2D eigenvalue weighted by molar-refractivity contribution is 5.79. The van der Waals surface area contributed by atoms with Crippen molar-refractivity contribution >= 4 is 5.96 Å². The molecule has 1 aromatic heterocycles. The normalized spacial score (nSPS) is 11.4. The average Bonchev–Trinajstić information content (AvgIpc) is 2.91. The highest BCUT2D eigenvalue weighted by Crippen LogP contribution is 2.00. The van der Waals surface area contributed by atoms with Crippen LogP contribution < -0.4 is 5.32 Å². The topological polar surface area (TPSA) is 58.3 Å². The van der Waals surface area contributed by atoms with Crippen LogP contribution in [0.4, 0.5) is 0 Å². The predicted molar refractivity (Wildman–Crippen MR) is 82.6 cm³/mol. The number of hydrogen-bond donors (Lipinski definition) is 1. The van der Waals surface area contributed by atoms with Gasteiger partial charge < -0.3 is 14.8 Å². The summed E-state index contributed by atoms with van der Waals surface area (Å²) in [6.07, 6.45) is 5.79. The third kappa shape index (κ3) is 5.03. The number of hydrogen-bond acceptors (Lipinski definition) is 3. The lowest BCUT2D eigenvalue weighted by molar-refractivity contribution is 0.469. The Morgan fingerprint density at radius 2 is 2.35 bits per heavy atom. The van der Waals surface area contributed by atoms with Gasteiger partial charge in [0.1, 0.15) is 12.9 Å².